The maximum Gasteiger partial charge on any atom is 0.295 e. The van der Waals surface area contributed by atoms with Gasteiger partial charge in [-0.25, -0.2) is 0 Å². The van der Waals surface area contributed by atoms with Gasteiger partial charge in [-0.3, -0.25) is 4.55 Å². The normalized spacial score (nSPS) is 12.0. The molecule has 3 nitrogen and oxygen atoms in total. The van der Waals surface area contributed by atoms with Crippen molar-refractivity contribution in [1.29, 1.82) is 0 Å². The largest absolute Gasteiger partial charge is 0.295 e. The Bertz CT molecular complexity index is 748. The highest BCUT2D eigenvalue weighted by atomic mass is 32.2. The van der Waals surface area contributed by atoms with Crippen LogP contribution in [-0.4, -0.2) is 13.0 Å². The summed E-state index contributed by atoms with van der Waals surface area (Å²) in [5.74, 6) is 0. The lowest BCUT2D eigenvalue weighted by atomic mass is 9.95. The molecule has 4 heteroatoms. The lowest BCUT2D eigenvalue weighted by Gasteiger charge is -2.16. The Morgan fingerprint density at radius 1 is 1.00 bits per heavy atom. The molecule has 2 aromatic carbocycles. The topological polar surface area (TPSA) is 54.4 Å². The molecule has 0 heterocycles. The Morgan fingerprint density at radius 3 is 2.27 bits per heavy atom. The predicted molar refractivity (Wildman–Crippen MR) is 91.0 cm³/mol. The lowest BCUT2D eigenvalue weighted by molar-refractivity contribution is 0.480. The van der Waals surface area contributed by atoms with E-state index in [-0.39, 0.29) is 4.90 Å². The van der Waals surface area contributed by atoms with Crippen molar-refractivity contribution in [1.82, 2.24) is 0 Å². The van der Waals surface area contributed by atoms with Crippen LogP contribution in [0, 0.1) is 0 Å². The third kappa shape index (κ3) is 3.68. The van der Waals surface area contributed by atoms with Crippen molar-refractivity contribution in [3.63, 3.8) is 0 Å². The van der Waals surface area contributed by atoms with E-state index in [0.717, 1.165) is 47.6 Å². The molecule has 0 radical (unpaired) electrons. The van der Waals surface area contributed by atoms with Crippen molar-refractivity contribution in [2.24, 2.45) is 0 Å². The van der Waals surface area contributed by atoms with E-state index in [0.29, 0.717) is 12.8 Å². The smallest absolute Gasteiger partial charge is 0.282 e. The summed E-state index contributed by atoms with van der Waals surface area (Å²) in [4.78, 5) is 0.146. The number of benzene rings is 2. The second kappa shape index (κ2) is 7.25. The lowest BCUT2D eigenvalue weighted by Crippen LogP contribution is -2.09. The molecule has 1 N–H and O–H groups in total. The molecular weight excluding hydrogens is 296 g/mol. The van der Waals surface area contributed by atoms with Crippen LogP contribution in [0.25, 0.3) is 10.8 Å². The molecule has 22 heavy (non-hydrogen) atoms. The van der Waals surface area contributed by atoms with Gasteiger partial charge in [0.25, 0.3) is 10.1 Å². The van der Waals surface area contributed by atoms with E-state index in [1.54, 1.807) is 0 Å². The first-order chi connectivity index (χ1) is 10.5. The minimum atomic E-state index is -4.22. The standard InChI is InChI=1S/C18H24O3S/c1-3-5-9-15-13-14-10-7-8-12-16(14)17(11-6-4-2)18(15)22(19,20)21/h7-8,10,12-13H,3-6,9,11H2,1-2H3,(H,19,20,21). The fourth-order valence-electron chi connectivity index (χ4n) is 2.94. The molecule has 0 amide bonds. The van der Waals surface area contributed by atoms with Gasteiger partial charge in [-0.15, -0.1) is 0 Å². The third-order valence-electron chi connectivity index (χ3n) is 4.02. The SMILES string of the molecule is CCCCc1cc2ccccc2c(CCCC)c1S(=O)(=O)O. The molecule has 0 fully saturated rings. The maximum atomic E-state index is 12.0. The average molecular weight is 320 g/mol. The molecule has 120 valence electrons. The molecule has 0 unspecified atom stereocenters. The van der Waals surface area contributed by atoms with Crippen LogP contribution < -0.4 is 0 Å². The van der Waals surface area contributed by atoms with Gasteiger partial charge < -0.3 is 0 Å². The number of fused-ring (bicyclic) bond motifs is 1. The van der Waals surface area contributed by atoms with Gasteiger partial charge in [-0.2, -0.15) is 8.42 Å². The first kappa shape index (κ1) is 17.0. The first-order valence-corrected chi connectivity index (χ1v) is 9.44. The van der Waals surface area contributed by atoms with Crippen LogP contribution in [0.5, 0.6) is 0 Å². The summed E-state index contributed by atoms with van der Waals surface area (Å²) in [5, 5.41) is 1.98. The highest BCUT2D eigenvalue weighted by Gasteiger charge is 2.22. The summed E-state index contributed by atoms with van der Waals surface area (Å²) < 4.78 is 33.8. The zero-order valence-corrected chi connectivity index (χ0v) is 14.1. The maximum absolute atomic E-state index is 12.0. The van der Waals surface area contributed by atoms with Crippen molar-refractivity contribution in [3.8, 4) is 0 Å². The van der Waals surface area contributed by atoms with E-state index in [9.17, 15) is 13.0 Å². The third-order valence-corrected chi connectivity index (χ3v) is 5.04. The highest BCUT2D eigenvalue weighted by Crippen LogP contribution is 2.32. The Balaban J connectivity index is 2.75. The van der Waals surface area contributed by atoms with Crippen LogP contribution in [0.1, 0.15) is 50.7 Å². The second-order valence-electron chi connectivity index (χ2n) is 5.75. The highest BCUT2D eigenvalue weighted by molar-refractivity contribution is 7.86. The minimum Gasteiger partial charge on any atom is -0.282 e. The molecular formula is C18H24O3S. The van der Waals surface area contributed by atoms with Crippen LogP contribution in [0.4, 0.5) is 0 Å². The number of rotatable bonds is 7. The molecule has 0 bridgehead atoms. The van der Waals surface area contributed by atoms with Gasteiger partial charge in [-0.05, 0) is 53.6 Å². The number of unbranched alkanes of at least 4 members (excludes halogenated alkanes) is 2. The Morgan fingerprint density at radius 2 is 1.64 bits per heavy atom. The molecule has 0 aliphatic carbocycles. The predicted octanol–water partition coefficient (Wildman–Crippen LogP) is 4.77. The molecule has 0 aromatic heterocycles. The van der Waals surface area contributed by atoms with E-state index in [4.69, 9.17) is 0 Å². The van der Waals surface area contributed by atoms with Crippen LogP contribution in [0.3, 0.4) is 0 Å². The summed E-state index contributed by atoms with van der Waals surface area (Å²) >= 11 is 0. The summed E-state index contributed by atoms with van der Waals surface area (Å²) in [6, 6.07) is 9.75. The Labute approximate surface area is 133 Å². The quantitative estimate of drug-likeness (QED) is 0.747. The van der Waals surface area contributed by atoms with Gasteiger partial charge in [-0.1, -0.05) is 51.0 Å². The molecule has 0 aliphatic heterocycles. The van der Waals surface area contributed by atoms with E-state index in [2.05, 4.69) is 13.8 Å². The van der Waals surface area contributed by atoms with Gasteiger partial charge in [0.2, 0.25) is 0 Å². The fourth-order valence-corrected chi connectivity index (χ4v) is 3.96. The van der Waals surface area contributed by atoms with Gasteiger partial charge in [0.1, 0.15) is 4.90 Å². The van der Waals surface area contributed by atoms with Crippen molar-refractivity contribution in [3.05, 3.63) is 41.5 Å². The molecule has 0 saturated heterocycles. The Hall–Kier alpha value is -1.39. The average Bonchev–Trinajstić information content (AvgIpc) is 2.48. The minimum absolute atomic E-state index is 0.146. The fraction of sp³-hybridized carbons (Fsp3) is 0.444. The van der Waals surface area contributed by atoms with E-state index >= 15 is 0 Å². The molecule has 2 rings (SSSR count). The van der Waals surface area contributed by atoms with Crippen molar-refractivity contribution >= 4 is 20.9 Å². The second-order valence-corrected chi connectivity index (χ2v) is 7.11. The van der Waals surface area contributed by atoms with Gasteiger partial charge >= 0.3 is 0 Å². The monoisotopic (exact) mass is 320 g/mol. The summed E-state index contributed by atoms with van der Waals surface area (Å²) in [7, 11) is -4.22. The van der Waals surface area contributed by atoms with E-state index in [1.165, 1.54) is 0 Å². The van der Waals surface area contributed by atoms with E-state index in [1.807, 2.05) is 30.3 Å². The van der Waals surface area contributed by atoms with Crippen molar-refractivity contribution in [2.75, 3.05) is 0 Å². The molecule has 2 aromatic rings. The van der Waals surface area contributed by atoms with Gasteiger partial charge in [0.05, 0.1) is 0 Å². The van der Waals surface area contributed by atoms with Crippen molar-refractivity contribution in [2.45, 2.75) is 57.3 Å². The number of hydrogen-bond acceptors (Lipinski definition) is 2. The van der Waals surface area contributed by atoms with Gasteiger partial charge in [0, 0.05) is 0 Å². The molecule has 0 aliphatic rings. The van der Waals surface area contributed by atoms with Crippen LogP contribution in [-0.2, 0) is 23.0 Å². The van der Waals surface area contributed by atoms with Crippen LogP contribution in [0.15, 0.2) is 35.2 Å². The zero-order valence-electron chi connectivity index (χ0n) is 13.3. The number of hydrogen-bond donors (Lipinski definition) is 1. The first-order valence-electron chi connectivity index (χ1n) is 8.00. The van der Waals surface area contributed by atoms with Crippen LogP contribution >= 0.6 is 0 Å². The van der Waals surface area contributed by atoms with Crippen LogP contribution in [0.2, 0.25) is 0 Å². The van der Waals surface area contributed by atoms with Crippen molar-refractivity contribution < 1.29 is 13.0 Å². The molecule has 0 spiro atoms. The number of aryl methyl sites for hydroxylation is 2. The molecule has 0 atom stereocenters. The summed E-state index contributed by atoms with van der Waals surface area (Å²) in [6.45, 7) is 4.16. The Kier molecular flexibility index (Phi) is 5.59. The van der Waals surface area contributed by atoms with E-state index < -0.39 is 10.1 Å². The zero-order chi connectivity index (χ0) is 16.2. The molecule has 0 saturated carbocycles. The van der Waals surface area contributed by atoms with Gasteiger partial charge in [0.15, 0.2) is 0 Å². The summed E-state index contributed by atoms with van der Waals surface area (Å²) in [5.41, 5.74) is 1.52. The summed E-state index contributed by atoms with van der Waals surface area (Å²) in [6.07, 6.45) is 5.14.